The van der Waals surface area contributed by atoms with Gasteiger partial charge in [-0.1, -0.05) is 0 Å². The fourth-order valence-corrected chi connectivity index (χ4v) is 2.26. The van der Waals surface area contributed by atoms with Crippen LogP contribution in [0.3, 0.4) is 0 Å². The van der Waals surface area contributed by atoms with Gasteiger partial charge in [-0.25, -0.2) is 4.98 Å². The van der Waals surface area contributed by atoms with Gasteiger partial charge in [0, 0.05) is 25.0 Å². The van der Waals surface area contributed by atoms with Crippen LogP contribution in [0.15, 0.2) is 9.98 Å². The zero-order valence-electron chi connectivity index (χ0n) is 6.88. The molecule has 72 valence electrons. The number of β-amino-alcohol motifs (C(OH)–C–C–N with tert-alkyl or cyclic N) is 1. The van der Waals surface area contributed by atoms with Gasteiger partial charge in [0.05, 0.1) is 0 Å². The molecule has 2 rings (SSSR count). The number of nitrogens with one attached hydrogen (secondary N) is 2. The van der Waals surface area contributed by atoms with E-state index in [0.29, 0.717) is 19.6 Å². The van der Waals surface area contributed by atoms with E-state index < -0.39 is 5.60 Å². The lowest BCUT2D eigenvalue weighted by molar-refractivity contribution is 0.00312. The van der Waals surface area contributed by atoms with Gasteiger partial charge in [-0.3, -0.25) is 0 Å². The Kier molecular flexibility index (Phi) is 2.55. The van der Waals surface area contributed by atoms with E-state index in [-0.39, 0.29) is 0 Å². The lowest BCUT2D eigenvalue weighted by atomic mass is 9.98. The minimum atomic E-state index is -0.585. The summed E-state index contributed by atoms with van der Waals surface area (Å²) in [6, 6.07) is 0. The molecule has 13 heavy (non-hydrogen) atoms. The molecule has 0 aromatic carbocycles. The van der Waals surface area contributed by atoms with Crippen molar-refractivity contribution in [2.75, 3.05) is 25.0 Å². The van der Waals surface area contributed by atoms with Crippen molar-refractivity contribution in [1.29, 1.82) is 0 Å². The Hall–Kier alpha value is -0.170. The first-order valence-corrected chi connectivity index (χ1v) is 5.63. The van der Waals surface area contributed by atoms with Gasteiger partial charge in [-0.05, 0) is 15.9 Å². The Balaban J connectivity index is 1.85. The highest BCUT2D eigenvalue weighted by atomic mass is 79.9. The van der Waals surface area contributed by atoms with Crippen LogP contribution in [-0.2, 0) is 0 Å². The van der Waals surface area contributed by atoms with Crippen LogP contribution in [0.4, 0.5) is 5.13 Å². The van der Waals surface area contributed by atoms with Crippen LogP contribution in [0, 0.1) is 0 Å². The second kappa shape index (κ2) is 3.53. The van der Waals surface area contributed by atoms with Crippen LogP contribution >= 0.6 is 27.3 Å². The molecule has 3 N–H and O–H groups in total. The number of hydrogen-bond acceptors (Lipinski definition) is 5. The van der Waals surface area contributed by atoms with Crippen molar-refractivity contribution in [2.24, 2.45) is 0 Å². The summed E-state index contributed by atoms with van der Waals surface area (Å²) in [7, 11) is 0. The quantitative estimate of drug-likeness (QED) is 0.750. The summed E-state index contributed by atoms with van der Waals surface area (Å²) in [4.78, 5) is 4.16. The number of thiazole rings is 1. The van der Waals surface area contributed by atoms with E-state index in [1.165, 1.54) is 11.3 Å². The number of hydrogen-bond donors (Lipinski definition) is 3. The summed E-state index contributed by atoms with van der Waals surface area (Å²) in [5.41, 5.74) is -0.585. The van der Waals surface area contributed by atoms with Crippen molar-refractivity contribution in [3.05, 3.63) is 9.98 Å². The van der Waals surface area contributed by atoms with Crippen LogP contribution in [0.1, 0.15) is 0 Å². The average Bonchev–Trinajstić information content (AvgIpc) is 2.44. The second-order valence-corrected chi connectivity index (χ2v) is 4.83. The maximum Gasteiger partial charge on any atom is 0.183 e. The Labute approximate surface area is 88.5 Å². The van der Waals surface area contributed by atoms with Crippen LogP contribution in [0.25, 0.3) is 0 Å². The Morgan fingerprint density at radius 2 is 2.54 bits per heavy atom. The van der Waals surface area contributed by atoms with E-state index in [4.69, 9.17) is 0 Å². The Morgan fingerprint density at radius 3 is 3.00 bits per heavy atom. The Bertz CT molecular complexity index is 300. The smallest absolute Gasteiger partial charge is 0.183 e. The van der Waals surface area contributed by atoms with E-state index in [0.717, 1.165) is 9.73 Å². The summed E-state index contributed by atoms with van der Waals surface area (Å²) >= 11 is 4.79. The van der Waals surface area contributed by atoms with E-state index in [2.05, 4.69) is 31.5 Å². The van der Waals surface area contributed by atoms with Gasteiger partial charge in [-0.2, -0.15) is 0 Å². The number of anilines is 1. The minimum Gasteiger partial charge on any atom is -0.385 e. The molecule has 0 saturated carbocycles. The number of halogens is 1. The fourth-order valence-electron chi connectivity index (χ4n) is 1.11. The molecule has 6 heteroatoms. The van der Waals surface area contributed by atoms with Gasteiger partial charge in [-0.15, -0.1) is 11.3 Å². The van der Waals surface area contributed by atoms with Crippen molar-refractivity contribution >= 4 is 32.4 Å². The van der Waals surface area contributed by atoms with Crippen molar-refractivity contribution in [3.8, 4) is 0 Å². The summed E-state index contributed by atoms with van der Waals surface area (Å²) in [5, 5.41) is 18.6. The third-order valence-electron chi connectivity index (χ3n) is 1.95. The lowest BCUT2D eigenvalue weighted by Gasteiger charge is -2.37. The van der Waals surface area contributed by atoms with E-state index in [1.807, 2.05) is 5.38 Å². The molecule has 1 saturated heterocycles. The van der Waals surface area contributed by atoms with Crippen molar-refractivity contribution in [3.63, 3.8) is 0 Å². The molecule has 4 nitrogen and oxygen atoms in total. The van der Waals surface area contributed by atoms with Gasteiger partial charge in [0.15, 0.2) is 5.13 Å². The zero-order valence-corrected chi connectivity index (χ0v) is 9.28. The number of aliphatic hydroxyl groups is 1. The molecule has 0 unspecified atom stereocenters. The molecule has 0 radical (unpaired) electrons. The molecule has 1 aliphatic rings. The minimum absolute atomic E-state index is 0.556. The Morgan fingerprint density at radius 1 is 1.77 bits per heavy atom. The van der Waals surface area contributed by atoms with Crippen molar-refractivity contribution in [2.45, 2.75) is 5.60 Å². The zero-order chi connectivity index (χ0) is 9.31. The number of rotatable bonds is 3. The van der Waals surface area contributed by atoms with Gasteiger partial charge >= 0.3 is 0 Å². The highest BCUT2D eigenvalue weighted by Gasteiger charge is 2.33. The molecule has 1 aromatic heterocycles. The third kappa shape index (κ3) is 2.19. The molecule has 0 spiro atoms. The second-order valence-electron chi connectivity index (χ2n) is 3.16. The first kappa shape index (κ1) is 9.39. The predicted octanol–water partition coefficient (Wildman–Crippen LogP) is 0.652. The molecule has 2 heterocycles. The summed E-state index contributed by atoms with van der Waals surface area (Å²) in [5.74, 6) is 0. The average molecular weight is 264 g/mol. The van der Waals surface area contributed by atoms with Gasteiger partial charge in [0.25, 0.3) is 0 Å². The van der Waals surface area contributed by atoms with Crippen LogP contribution < -0.4 is 10.6 Å². The van der Waals surface area contributed by atoms with Gasteiger partial charge in [0.2, 0.25) is 0 Å². The monoisotopic (exact) mass is 263 g/mol. The molecular formula is C7H10BrN3OS. The summed E-state index contributed by atoms with van der Waals surface area (Å²) in [6.45, 7) is 1.87. The normalized spacial score (nSPS) is 19.5. The predicted molar refractivity (Wildman–Crippen MR) is 56.1 cm³/mol. The molecule has 1 aliphatic heterocycles. The molecular weight excluding hydrogens is 254 g/mol. The molecule has 0 atom stereocenters. The molecule has 0 bridgehead atoms. The summed E-state index contributed by atoms with van der Waals surface area (Å²) in [6.07, 6.45) is 0. The van der Waals surface area contributed by atoms with Gasteiger partial charge < -0.3 is 15.7 Å². The highest BCUT2D eigenvalue weighted by molar-refractivity contribution is 9.10. The number of aromatic nitrogens is 1. The highest BCUT2D eigenvalue weighted by Crippen LogP contribution is 2.20. The lowest BCUT2D eigenvalue weighted by Crippen LogP contribution is -2.62. The first-order valence-electron chi connectivity index (χ1n) is 3.96. The third-order valence-corrected chi connectivity index (χ3v) is 3.46. The molecule has 0 aliphatic carbocycles. The van der Waals surface area contributed by atoms with Crippen molar-refractivity contribution < 1.29 is 5.11 Å². The maximum absolute atomic E-state index is 9.72. The molecule has 1 fully saturated rings. The summed E-state index contributed by atoms with van der Waals surface area (Å²) < 4.78 is 0.832. The van der Waals surface area contributed by atoms with E-state index >= 15 is 0 Å². The molecule has 0 amide bonds. The van der Waals surface area contributed by atoms with Crippen molar-refractivity contribution in [1.82, 2.24) is 10.3 Å². The first-order chi connectivity index (χ1) is 6.18. The topological polar surface area (TPSA) is 57.2 Å². The maximum atomic E-state index is 9.72. The van der Waals surface area contributed by atoms with Gasteiger partial charge in [0.1, 0.15) is 10.2 Å². The standard InChI is InChI=1S/C7H10BrN3OS/c8-5-1-13-6(11-5)10-4-7(12)2-9-3-7/h1,9,12H,2-4H2,(H,10,11). The van der Waals surface area contributed by atoms with Crippen LogP contribution in [0.5, 0.6) is 0 Å². The van der Waals surface area contributed by atoms with E-state index in [1.54, 1.807) is 0 Å². The van der Waals surface area contributed by atoms with Crippen LogP contribution in [0.2, 0.25) is 0 Å². The SMILES string of the molecule is OC1(CNc2nc(Br)cs2)CNC1. The fraction of sp³-hybridized carbons (Fsp3) is 0.571. The largest absolute Gasteiger partial charge is 0.385 e. The molecule has 1 aromatic rings. The van der Waals surface area contributed by atoms with E-state index in [9.17, 15) is 5.11 Å². The number of nitrogens with zero attached hydrogens (tertiary/aromatic N) is 1. The van der Waals surface area contributed by atoms with Crippen LogP contribution in [-0.4, -0.2) is 35.3 Å².